The predicted octanol–water partition coefficient (Wildman–Crippen LogP) is 2.75. The summed E-state index contributed by atoms with van der Waals surface area (Å²) >= 11 is 0. The number of nitro groups is 1. The van der Waals surface area contributed by atoms with Gasteiger partial charge in [-0.25, -0.2) is 9.59 Å². The number of anilines is 1. The van der Waals surface area contributed by atoms with Crippen molar-refractivity contribution in [3.05, 3.63) is 33.9 Å². The van der Waals surface area contributed by atoms with Crippen molar-refractivity contribution in [2.75, 3.05) is 19.1 Å². The summed E-state index contributed by atoms with van der Waals surface area (Å²) in [7, 11) is 2.45. The number of rotatable bonds is 3. The lowest BCUT2D eigenvalue weighted by Crippen LogP contribution is -2.35. The lowest BCUT2D eigenvalue weighted by atomic mass is 10.1. The van der Waals surface area contributed by atoms with E-state index in [1.54, 1.807) is 20.8 Å². The summed E-state index contributed by atoms with van der Waals surface area (Å²) in [5.41, 5.74) is -1.43. The third-order valence-electron chi connectivity index (χ3n) is 2.62. The quantitative estimate of drug-likeness (QED) is 0.483. The first kappa shape index (κ1) is 17.4. The Kier molecular flexibility index (Phi) is 5.08. The van der Waals surface area contributed by atoms with Crippen LogP contribution < -0.4 is 4.90 Å². The largest absolute Gasteiger partial charge is 0.465 e. The molecule has 1 aromatic carbocycles. The SMILES string of the molecule is COC(=O)c1cccc([N+](=O)[O-])c1N(C)C(=O)OC(C)(C)C. The molecular weight excluding hydrogens is 292 g/mol. The van der Waals surface area contributed by atoms with Gasteiger partial charge in [-0.15, -0.1) is 0 Å². The Labute approximate surface area is 127 Å². The van der Waals surface area contributed by atoms with Crippen LogP contribution in [0, 0.1) is 10.1 Å². The van der Waals surface area contributed by atoms with Crippen LogP contribution in [0.4, 0.5) is 16.2 Å². The number of ether oxygens (including phenoxy) is 2. The first-order valence-corrected chi connectivity index (χ1v) is 6.41. The van der Waals surface area contributed by atoms with Crippen molar-refractivity contribution in [2.45, 2.75) is 26.4 Å². The molecule has 22 heavy (non-hydrogen) atoms. The molecule has 1 amide bonds. The summed E-state index contributed by atoms with van der Waals surface area (Å²) in [6.07, 6.45) is -0.813. The number of carbonyl (C=O) groups is 2. The highest BCUT2D eigenvalue weighted by molar-refractivity contribution is 6.03. The zero-order chi connectivity index (χ0) is 17.1. The van der Waals surface area contributed by atoms with Crippen LogP contribution in [0.25, 0.3) is 0 Å². The average molecular weight is 310 g/mol. The van der Waals surface area contributed by atoms with Crippen molar-refractivity contribution in [1.29, 1.82) is 0 Å². The zero-order valence-corrected chi connectivity index (χ0v) is 13.1. The van der Waals surface area contributed by atoms with E-state index < -0.39 is 28.3 Å². The lowest BCUT2D eigenvalue weighted by molar-refractivity contribution is -0.384. The molecule has 0 heterocycles. The minimum Gasteiger partial charge on any atom is -0.465 e. The fourth-order valence-electron chi connectivity index (χ4n) is 1.73. The second-order valence-electron chi connectivity index (χ2n) is 5.46. The smallest absolute Gasteiger partial charge is 0.414 e. The standard InChI is InChI=1S/C14H18N2O6/c1-14(2,3)22-13(18)15(4)11-9(12(17)21-5)7-6-8-10(11)16(19)20/h6-8H,1-5H3. The molecule has 0 aromatic heterocycles. The Balaban J connectivity index is 3.39. The molecule has 0 bridgehead atoms. The van der Waals surface area contributed by atoms with Crippen LogP contribution in [0.15, 0.2) is 18.2 Å². The summed E-state index contributed by atoms with van der Waals surface area (Å²) in [6.45, 7) is 5.00. The first-order chi connectivity index (χ1) is 10.1. The van der Waals surface area contributed by atoms with Gasteiger partial charge in [0.15, 0.2) is 0 Å². The van der Waals surface area contributed by atoms with Gasteiger partial charge in [-0.3, -0.25) is 15.0 Å². The number of methoxy groups -OCH3 is 1. The molecule has 0 unspecified atom stereocenters. The van der Waals surface area contributed by atoms with Gasteiger partial charge in [0.05, 0.1) is 17.6 Å². The van der Waals surface area contributed by atoms with Crippen molar-refractivity contribution in [2.24, 2.45) is 0 Å². The molecule has 0 aliphatic rings. The van der Waals surface area contributed by atoms with Crippen molar-refractivity contribution in [3.63, 3.8) is 0 Å². The number of benzene rings is 1. The minimum atomic E-state index is -0.813. The molecule has 0 saturated heterocycles. The van der Waals surface area contributed by atoms with Gasteiger partial charge in [0.25, 0.3) is 5.69 Å². The van der Waals surface area contributed by atoms with Crippen molar-refractivity contribution < 1.29 is 24.0 Å². The number of hydrogen-bond donors (Lipinski definition) is 0. The molecule has 8 nitrogen and oxygen atoms in total. The molecule has 1 aromatic rings. The number of nitro benzene ring substituents is 1. The summed E-state index contributed by atoms with van der Waals surface area (Å²) in [5, 5.41) is 11.2. The van der Waals surface area contributed by atoms with Crippen LogP contribution in [0.2, 0.25) is 0 Å². The normalized spacial score (nSPS) is 10.8. The van der Waals surface area contributed by atoms with E-state index in [1.165, 1.54) is 25.2 Å². The van der Waals surface area contributed by atoms with E-state index in [1.807, 2.05) is 0 Å². The highest BCUT2D eigenvalue weighted by Gasteiger charge is 2.30. The third kappa shape index (κ3) is 3.94. The highest BCUT2D eigenvalue weighted by Crippen LogP contribution is 2.32. The van der Waals surface area contributed by atoms with Crippen molar-refractivity contribution in [3.8, 4) is 0 Å². The van der Waals surface area contributed by atoms with Gasteiger partial charge in [-0.05, 0) is 26.8 Å². The summed E-state index contributed by atoms with van der Waals surface area (Å²) in [6, 6.07) is 3.88. The van der Waals surface area contributed by atoms with Crippen molar-refractivity contribution in [1.82, 2.24) is 0 Å². The Morgan fingerprint density at radius 1 is 1.27 bits per heavy atom. The lowest BCUT2D eigenvalue weighted by Gasteiger charge is -2.25. The van der Waals surface area contributed by atoms with Crippen LogP contribution >= 0.6 is 0 Å². The molecule has 0 aliphatic carbocycles. The minimum absolute atomic E-state index is 0.0925. The van der Waals surface area contributed by atoms with Gasteiger partial charge in [0.1, 0.15) is 11.3 Å². The zero-order valence-electron chi connectivity index (χ0n) is 13.1. The van der Waals surface area contributed by atoms with Gasteiger partial charge >= 0.3 is 12.1 Å². The maximum absolute atomic E-state index is 12.1. The van der Waals surface area contributed by atoms with E-state index in [4.69, 9.17) is 4.74 Å². The van der Waals surface area contributed by atoms with Gasteiger partial charge in [-0.1, -0.05) is 6.07 Å². The molecule has 0 saturated carbocycles. The predicted molar refractivity (Wildman–Crippen MR) is 79.1 cm³/mol. The summed E-state index contributed by atoms with van der Waals surface area (Å²) < 4.78 is 9.77. The van der Waals surface area contributed by atoms with Gasteiger partial charge < -0.3 is 9.47 Å². The van der Waals surface area contributed by atoms with E-state index in [-0.39, 0.29) is 11.3 Å². The van der Waals surface area contributed by atoms with Gasteiger partial charge in [0, 0.05) is 13.1 Å². The Hall–Kier alpha value is -2.64. The molecular formula is C14H18N2O6. The molecule has 0 spiro atoms. The molecule has 0 aliphatic heterocycles. The molecule has 0 N–H and O–H groups in total. The van der Waals surface area contributed by atoms with Crippen LogP contribution in [0.3, 0.4) is 0 Å². The molecule has 0 atom stereocenters. The molecule has 120 valence electrons. The summed E-state index contributed by atoms with van der Waals surface area (Å²) in [4.78, 5) is 35.3. The highest BCUT2D eigenvalue weighted by atomic mass is 16.6. The average Bonchev–Trinajstić information content (AvgIpc) is 2.42. The van der Waals surface area contributed by atoms with E-state index >= 15 is 0 Å². The van der Waals surface area contributed by atoms with Crippen LogP contribution in [-0.2, 0) is 9.47 Å². The number of nitrogens with zero attached hydrogens (tertiary/aromatic N) is 2. The summed E-state index contributed by atoms with van der Waals surface area (Å²) in [5.74, 6) is -0.783. The first-order valence-electron chi connectivity index (χ1n) is 6.41. The van der Waals surface area contributed by atoms with Crippen LogP contribution in [-0.4, -0.2) is 36.7 Å². The monoisotopic (exact) mass is 310 g/mol. The molecule has 0 radical (unpaired) electrons. The van der Waals surface area contributed by atoms with Crippen molar-refractivity contribution >= 4 is 23.4 Å². The van der Waals surface area contributed by atoms with E-state index in [9.17, 15) is 19.7 Å². The topological polar surface area (TPSA) is 99.0 Å². The fraction of sp³-hybridized carbons (Fsp3) is 0.429. The number of carbonyl (C=O) groups excluding carboxylic acids is 2. The van der Waals surface area contributed by atoms with E-state index in [0.717, 1.165) is 12.0 Å². The Morgan fingerprint density at radius 2 is 1.86 bits per heavy atom. The Bertz CT molecular complexity index is 606. The molecule has 1 rings (SSSR count). The molecule has 8 heteroatoms. The number of amides is 1. The third-order valence-corrected chi connectivity index (χ3v) is 2.62. The second-order valence-corrected chi connectivity index (χ2v) is 5.46. The van der Waals surface area contributed by atoms with E-state index in [2.05, 4.69) is 4.74 Å². The maximum Gasteiger partial charge on any atom is 0.414 e. The number of hydrogen-bond acceptors (Lipinski definition) is 6. The van der Waals surface area contributed by atoms with Crippen LogP contribution in [0.5, 0.6) is 0 Å². The van der Waals surface area contributed by atoms with Gasteiger partial charge in [-0.2, -0.15) is 0 Å². The maximum atomic E-state index is 12.1. The Morgan fingerprint density at radius 3 is 2.32 bits per heavy atom. The second kappa shape index (κ2) is 6.42. The number of para-hydroxylation sites is 1. The van der Waals surface area contributed by atoms with Crippen LogP contribution in [0.1, 0.15) is 31.1 Å². The molecule has 0 fully saturated rings. The number of esters is 1. The van der Waals surface area contributed by atoms with Gasteiger partial charge in [0.2, 0.25) is 0 Å². The fourth-order valence-corrected chi connectivity index (χ4v) is 1.73. The van der Waals surface area contributed by atoms with E-state index in [0.29, 0.717) is 0 Å².